The van der Waals surface area contributed by atoms with Gasteiger partial charge in [0, 0.05) is 6.20 Å². The molecule has 0 aliphatic rings. The van der Waals surface area contributed by atoms with Gasteiger partial charge >= 0.3 is 5.97 Å². The SMILES string of the molecule is C[C@@H](NC(=O)COC(=O)c1ccc(Cl)nc1)c1ccccc1. The van der Waals surface area contributed by atoms with Crippen molar-refractivity contribution in [3.63, 3.8) is 0 Å². The number of ether oxygens (including phenoxy) is 1. The van der Waals surface area contributed by atoms with Crippen molar-refractivity contribution in [3.8, 4) is 0 Å². The fraction of sp³-hybridized carbons (Fsp3) is 0.188. The number of carbonyl (C=O) groups excluding carboxylic acids is 2. The van der Waals surface area contributed by atoms with Gasteiger partial charge in [-0.15, -0.1) is 0 Å². The van der Waals surface area contributed by atoms with Crippen LogP contribution in [0.1, 0.15) is 28.9 Å². The Kier molecular flexibility index (Phi) is 5.49. The summed E-state index contributed by atoms with van der Waals surface area (Å²) in [6.07, 6.45) is 1.30. The molecule has 1 N–H and O–H groups in total. The van der Waals surface area contributed by atoms with Crippen LogP contribution in [-0.2, 0) is 9.53 Å². The Morgan fingerprint density at radius 1 is 1.23 bits per heavy atom. The van der Waals surface area contributed by atoms with Gasteiger partial charge in [0.25, 0.3) is 5.91 Å². The lowest BCUT2D eigenvalue weighted by atomic mass is 10.1. The number of nitrogens with zero attached hydrogens (tertiary/aromatic N) is 1. The van der Waals surface area contributed by atoms with Gasteiger partial charge in [0.2, 0.25) is 0 Å². The van der Waals surface area contributed by atoms with Crippen molar-refractivity contribution in [1.82, 2.24) is 10.3 Å². The molecule has 0 aliphatic heterocycles. The highest BCUT2D eigenvalue weighted by Crippen LogP contribution is 2.11. The van der Waals surface area contributed by atoms with Gasteiger partial charge in [0.05, 0.1) is 11.6 Å². The molecule has 114 valence electrons. The maximum absolute atomic E-state index is 11.8. The molecule has 0 radical (unpaired) electrons. The van der Waals surface area contributed by atoms with E-state index in [-0.39, 0.29) is 29.3 Å². The largest absolute Gasteiger partial charge is 0.452 e. The number of halogens is 1. The van der Waals surface area contributed by atoms with E-state index in [0.29, 0.717) is 0 Å². The molecule has 2 aromatic rings. The average Bonchev–Trinajstić information content (AvgIpc) is 2.54. The molecule has 1 aromatic heterocycles. The summed E-state index contributed by atoms with van der Waals surface area (Å²) in [5.41, 5.74) is 1.22. The number of benzene rings is 1. The third-order valence-electron chi connectivity index (χ3n) is 2.97. The molecule has 22 heavy (non-hydrogen) atoms. The molecule has 6 heteroatoms. The molecule has 1 aromatic carbocycles. The highest BCUT2D eigenvalue weighted by Gasteiger charge is 2.13. The second-order valence-corrected chi connectivity index (χ2v) is 5.03. The predicted molar refractivity (Wildman–Crippen MR) is 82.5 cm³/mol. The summed E-state index contributed by atoms with van der Waals surface area (Å²) in [4.78, 5) is 27.3. The summed E-state index contributed by atoms with van der Waals surface area (Å²) < 4.78 is 4.93. The van der Waals surface area contributed by atoms with E-state index in [1.54, 1.807) is 0 Å². The molecular weight excluding hydrogens is 304 g/mol. The first-order valence-electron chi connectivity index (χ1n) is 6.69. The number of esters is 1. The van der Waals surface area contributed by atoms with Crippen LogP contribution < -0.4 is 5.32 Å². The van der Waals surface area contributed by atoms with Crippen molar-refractivity contribution >= 4 is 23.5 Å². The van der Waals surface area contributed by atoms with Crippen molar-refractivity contribution in [2.45, 2.75) is 13.0 Å². The van der Waals surface area contributed by atoms with Gasteiger partial charge in [0.15, 0.2) is 6.61 Å². The number of carbonyl (C=O) groups is 2. The van der Waals surface area contributed by atoms with Crippen LogP contribution in [0.15, 0.2) is 48.7 Å². The van der Waals surface area contributed by atoms with E-state index in [2.05, 4.69) is 10.3 Å². The zero-order valence-corrected chi connectivity index (χ0v) is 12.7. The lowest BCUT2D eigenvalue weighted by molar-refractivity contribution is -0.124. The summed E-state index contributed by atoms with van der Waals surface area (Å²) in [5.74, 6) is -0.988. The van der Waals surface area contributed by atoms with E-state index < -0.39 is 5.97 Å². The van der Waals surface area contributed by atoms with Crippen molar-refractivity contribution in [2.75, 3.05) is 6.61 Å². The lowest BCUT2D eigenvalue weighted by Crippen LogP contribution is -2.31. The zero-order valence-electron chi connectivity index (χ0n) is 12.0. The van der Waals surface area contributed by atoms with Gasteiger partial charge < -0.3 is 10.1 Å². The zero-order chi connectivity index (χ0) is 15.9. The van der Waals surface area contributed by atoms with Crippen LogP contribution in [0, 0.1) is 0 Å². The minimum absolute atomic E-state index is 0.162. The van der Waals surface area contributed by atoms with Gasteiger partial charge in [-0.2, -0.15) is 0 Å². The second-order valence-electron chi connectivity index (χ2n) is 4.65. The van der Waals surface area contributed by atoms with Crippen LogP contribution in [0.25, 0.3) is 0 Å². The Bertz CT molecular complexity index is 644. The van der Waals surface area contributed by atoms with Crippen LogP contribution >= 0.6 is 11.6 Å². The number of aromatic nitrogens is 1. The molecule has 0 saturated carbocycles. The number of rotatable bonds is 5. The highest BCUT2D eigenvalue weighted by molar-refractivity contribution is 6.29. The number of hydrogen-bond donors (Lipinski definition) is 1. The number of pyridine rings is 1. The Labute approximate surface area is 133 Å². The van der Waals surface area contributed by atoms with E-state index in [4.69, 9.17) is 16.3 Å². The molecular formula is C16H15ClN2O3. The van der Waals surface area contributed by atoms with Crippen molar-refractivity contribution in [1.29, 1.82) is 0 Å². The van der Waals surface area contributed by atoms with Gasteiger partial charge in [-0.05, 0) is 24.6 Å². The van der Waals surface area contributed by atoms with Crippen molar-refractivity contribution in [2.24, 2.45) is 0 Å². The van der Waals surface area contributed by atoms with Gasteiger partial charge in [0.1, 0.15) is 5.15 Å². The smallest absolute Gasteiger partial charge is 0.340 e. The van der Waals surface area contributed by atoms with Gasteiger partial charge in [-0.3, -0.25) is 4.79 Å². The molecule has 1 amide bonds. The molecule has 5 nitrogen and oxygen atoms in total. The fourth-order valence-electron chi connectivity index (χ4n) is 1.82. The first-order valence-corrected chi connectivity index (χ1v) is 7.07. The first-order chi connectivity index (χ1) is 10.6. The Balaban J connectivity index is 1.82. The molecule has 1 heterocycles. The summed E-state index contributed by atoms with van der Waals surface area (Å²) >= 11 is 5.63. The molecule has 0 bridgehead atoms. The van der Waals surface area contributed by atoms with E-state index in [1.807, 2.05) is 37.3 Å². The second kappa shape index (κ2) is 7.56. The van der Waals surface area contributed by atoms with Crippen LogP contribution in [-0.4, -0.2) is 23.5 Å². The van der Waals surface area contributed by atoms with E-state index in [9.17, 15) is 9.59 Å². The summed E-state index contributed by atoms with van der Waals surface area (Å²) in [6, 6.07) is 12.3. The van der Waals surface area contributed by atoms with Crippen molar-refractivity contribution in [3.05, 3.63) is 64.9 Å². The minimum atomic E-state index is -0.619. The van der Waals surface area contributed by atoms with Crippen molar-refractivity contribution < 1.29 is 14.3 Å². The maximum atomic E-state index is 11.8. The summed E-state index contributed by atoms with van der Waals surface area (Å²) in [6.45, 7) is 1.51. The molecule has 0 aliphatic carbocycles. The highest BCUT2D eigenvalue weighted by atomic mass is 35.5. The Hall–Kier alpha value is -2.40. The summed E-state index contributed by atoms with van der Waals surface area (Å²) in [7, 11) is 0. The molecule has 0 fully saturated rings. The maximum Gasteiger partial charge on any atom is 0.340 e. The summed E-state index contributed by atoms with van der Waals surface area (Å²) in [5, 5.41) is 3.04. The topological polar surface area (TPSA) is 68.3 Å². The van der Waals surface area contributed by atoms with E-state index in [1.165, 1.54) is 18.3 Å². The minimum Gasteiger partial charge on any atom is -0.452 e. The van der Waals surface area contributed by atoms with Crippen LogP contribution in [0.5, 0.6) is 0 Å². The third-order valence-corrected chi connectivity index (χ3v) is 3.20. The van der Waals surface area contributed by atoms with Gasteiger partial charge in [-0.25, -0.2) is 9.78 Å². The lowest BCUT2D eigenvalue weighted by Gasteiger charge is -2.14. The molecule has 0 spiro atoms. The standard InChI is InChI=1S/C16H15ClN2O3/c1-11(12-5-3-2-4-6-12)19-15(20)10-22-16(21)13-7-8-14(17)18-9-13/h2-9,11H,10H2,1H3,(H,19,20)/t11-/m1/s1. The Morgan fingerprint density at radius 3 is 2.59 bits per heavy atom. The number of hydrogen-bond acceptors (Lipinski definition) is 4. The Morgan fingerprint density at radius 2 is 1.95 bits per heavy atom. The fourth-order valence-corrected chi connectivity index (χ4v) is 1.93. The van der Waals surface area contributed by atoms with Crippen LogP contribution in [0.4, 0.5) is 0 Å². The van der Waals surface area contributed by atoms with E-state index >= 15 is 0 Å². The molecule has 1 atom stereocenters. The number of amides is 1. The first kappa shape index (κ1) is 16.0. The van der Waals surface area contributed by atoms with E-state index in [0.717, 1.165) is 5.56 Å². The predicted octanol–water partition coefficient (Wildman–Crippen LogP) is 2.77. The molecule has 0 saturated heterocycles. The molecule has 2 rings (SSSR count). The quantitative estimate of drug-likeness (QED) is 0.680. The monoisotopic (exact) mass is 318 g/mol. The van der Waals surface area contributed by atoms with Crippen LogP contribution in [0.2, 0.25) is 5.15 Å². The third kappa shape index (κ3) is 4.56. The van der Waals surface area contributed by atoms with Gasteiger partial charge in [-0.1, -0.05) is 41.9 Å². The normalized spacial score (nSPS) is 11.5. The number of nitrogens with one attached hydrogen (secondary N) is 1. The molecule has 0 unspecified atom stereocenters. The average molecular weight is 319 g/mol. The van der Waals surface area contributed by atoms with Crippen LogP contribution in [0.3, 0.4) is 0 Å².